The molecule has 3 aromatic rings. The fourth-order valence-electron chi connectivity index (χ4n) is 2.19. The number of pyridine rings is 1. The van der Waals surface area contributed by atoms with Crippen molar-refractivity contribution in [2.75, 3.05) is 5.73 Å². The first-order valence-electron chi connectivity index (χ1n) is 6.23. The van der Waals surface area contributed by atoms with E-state index in [1.54, 1.807) is 25.1 Å². The molecule has 3 rings (SSSR count). The molecule has 114 valence electrons. The lowest BCUT2D eigenvalue weighted by molar-refractivity contribution is 0.589. The molecule has 0 aliphatic heterocycles. The minimum Gasteiger partial charge on any atom is -0.399 e. The van der Waals surface area contributed by atoms with Crippen molar-refractivity contribution in [3.05, 3.63) is 56.7 Å². The van der Waals surface area contributed by atoms with E-state index in [0.29, 0.717) is 21.0 Å². The Bertz CT molecular complexity index is 1050. The number of nitrogen functional groups attached to an aromatic ring is 1. The number of thiophene rings is 1. The molecule has 0 aliphatic carbocycles. The second-order valence-electron chi connectivity index (χ2n) is 4.78. The van der Waals surface area contributed by atoms with E-state index in [-0.39, 0.29) is 9.73 Å². The fraction of sp³-hybridized carbons (Fsp3) is 0.0714. The van der Waals surface area contributed by atoms with Gasteiger partial charge in [0.15, 0.2) is 0 Å². The number of nitrogens with zero attached hydrogens (tertiary/aromatic N) is 1. The maximum absolute atomic E-state index is 12.8. The summed E-state index contributed by atoms with van der Waals surface area (Å²) in [7, 11) is -4.03. The molecule has 0 amide bonds. The predicted octanol–water partition coefficient (Wildman–Crippen LogP) is 2.84. The van der Waals surface area contributed by atoms with Crippen molar-refractivity contribution in [1.29, 1.82) is 0 Å². The maximum atomic E-state index is 12.8. The summed E-state index contributed by atoms with van der Waals surface area (Å²) in [6, 6.07) is 9.33. The van der Waals surface area contributed by atoms with Crippen molar-refractivity contribution < 1.29 is 8.42 Å². The third-order valence-corrected chi connectivity index (χ3v) is 6.61. The van der Waals surface area contributed by atoms with Gasteiger partial charge in [-0.25, -0.2) is 0 Å². The molecular weight excluding hydrogens is 344 g/mol. The van der Waals surface area contributed by atoms with E-state index in [0.717, 1.165) is 15.3 Å². The van der Waals surface area contributed by atoms with Gasteiger partial charge in [-0.2, -0.15) is 12.4 Å². The van der Waals surface area contributed by atoms with Crippen LogP contribution in [0.2, 0.25) is 4.34 Å². The van der Waals surface area contributed by atoms with Gasteiger partial charge in [0.1, 0.15) is 4.21 Å². The summed E-state index contributed by atoms with van der Waals surface area (Å²) in [6.07, 6.45) is 0. The summed E-state index contributed by atoms with van der Waals surface area (Å²) < 4.78 is 26.8. The molecule has 22 heavy (non-hydrogen) atoms. The molecule has 1 aromatic carbocycles. The van der Waals surface area contributed by atoms with Crippen LogP contribution >= 0.6 is 22.9 Å². The van der Waals surface area contributed by atoms with Crippen LogP contribution in [-0.2, 0) is 10.0 Å². The molecule has 0 radical (unpaired) electrons. The Balaban J connectivity index is 2.46. The van der Waals surface area contributed by atoms with Crippen LogP contribution < -0.4 is 11.3 Å². The number of aromatic nitrogens is 1. The van der Waals surface area contributed by atoms with Gasteiger partial charge in [0.2, 0.25) is 0 Å². The SMILES string of the molecule is Cc1cc2ccc(N)cc2n(S(=O)(=O)c2ccc(Cl)s2)c1=O. The van der Waals surface area contributed by atoms with Gasteiger partial charge >= 0.3 is 0 Å². The van der Waals surface area contributed by atoms with Crippen molar-refractivity contribution in [3.8, 4) is 0 Å². The van der Waals surface area contributed by atoms with Crippen molar-refractivity contribution in [2.45, 2.75) is 11.1 Å². The van der Waals surface area contributed by atoms with Gasteiger partial charge in [-0.15, -0.1) is 11.3 Å². The second kappa shape index (κ2) is 5.12. The minimum atomic E-state index is -4.03. The Labute approximate surface area is 135 Å². The Morgan fingerprint density at radius 2 is 1.91 bits per heavy atom. The smallest absolute Gasteiger partial charge is 0.280 e. The van der Waals surface area contributed by atoms with Crippen molar-refractivity contribution in [2.24, 2.45) is 0 Å². The first-order chi connectivity index (χ1) is 10.3. The summed E-state index contributed by atoms with van der Waals surface area (Å²) in [4.78, 5) is 12.4. The number of hydrogen-bond acceptors (Lipinski definition) is 5. The molecule has 0 spiro atoms. The van der Waals surface area contributed by atoms with Gasteiger partial charge in [0.25, 0.3) is 15.6 Å². The summed E-state index contributed by atoms with van der Waals surface area (Å²) >= 11 is 6.72. The highest BCUT2D eigenvalue weighted by atomic mass is 35.5. The molecule has 8 heteroatoms. The highest BCUT2D eigenvalue weighted by Gasteiger charge is 2.24. The van der Waals surface area contributed by atoms with Crippen LogP contribution in [-0.4, -0.2) is 12.4 Å². The molecule has 0 aliphatic rings. The highest BCUT2D eigenvalue weighted by molar-refractivity contribution is 7.92. The van der Waals surface area contributed by atoms with Crippen LogP contribution in [0.1, 0.15) is 5.56 Å². The zero-order chi connectivity index (χ0) is 16.1. The summed E-state index contributed by atoms with van der Waals surface area (Å²) in [5, 5.41) is 0.623. The van der Waals surface area contributed by atoms with Gasteiger partial charge in [-0.05, 0) is 42.6 Å². The molecule has 5 nitrogen and oxygen atoms in total. The largest absolute Gasteiger partial charge is 0.399 e. The molecule has 0 saturated carbocycles. The normalized spacial score (nSPS) is 11.9. The predicted molar refractivity (Wildman–Crippen MR) is 89.3 cm³/mol. The Kier molecular flexibility index (Phi) is 3.51. The van der Waals surface area contributed by atoms with Crippen LogP contribution in [0.25, 0.3) is 10.9 Å². The molecular formula is C14H11ClN2O3S2. The average molecular weight is 355 g/mol. The molecule has 2 heterocycles. The van der Waals surface area contributed by atoms with Crippen LogP contribution in [0, 0.1) is 6.92 Å². The molecule has 0 saturated heterocycles. The van der Waals surface area contributed by atoms with Gasteiger partial charge in [0, 0.05) is 11.3 Å². The van der Waals surface area contributed by atoms with Gasteiger partial charge in [-0.1, -0.05) is 17.7 Å². The molecule has 0 fully saturated rings. The Hall–Kier alpha value is -1.83. The number of aryl methyl sites for hydroxylation is 1. The first kappa shape index (κ1) is 15.1. The summed E-state index contributed by atoms with van der Waals surface area (Å²) in [5.74, 6) is 0. The summed E-state index contributed by atoms with van der Waals surface area (Å²) in [5.41, 5.74) is 6.11. The number of halogens is 1. The first-order valence-corrected chi connectivity index (χ1v) is 8.87. The van der Waals surface area contributed by atoms with E-state index in [4.69, 9.17) is 17.3 Å². The van der Waals surface area contributed by atoms with Crippen LogP contribution in [0.4, 0.5) is 5.69 Å². The Morgan fingerprint density at radius 1 is 1.18 bits per heavy atom. The van der Waals surface area contributed by atoms with Gasteiger partial charge in [0.05, 0.1) is 9.85 Å². The lowest BCUT2D eigenvalue weighted by Crippen LogP contribution is -2.28. The molecule has 0 atom stereocenters. The van der Waals surface area contributed by atoms with E-state index in [1.807, 2.05) is 0 Å². The van der Waals surface area contributed by atoms with E-state index >= 15 is 0 Å². The number of hydrogen-bond donors (Lipinski definition) is 1. The van der Waals surface area contributed by atoms with Crippen molar-refractivity contribution in [3.63, 3.8) is 0 Å². The van der Waals surface area contributed by atoms with Crippen LogP contribution in [0.15, 0.2) is 45.4 Å². The monoisotopic (exact) mass is 354 g/mol. The van der Waals surface area contributed by atoms with E-state index in [9.17, 15) is 13.2 Å². The second-order valence-corrected chi connectivity index (χ2v) is 8.51. The molecule has 2 aromatic heterocycles. The number of fused-ring (bicyclic) bond motifs is 1. The minimum absolute atomic E-state index is 0.00826. The summed E-state index contributed by atoms with van der Waals surface area (Å²) in [6.45, 7) is 1.57. The zero-order valence-corrected chi connectivity index (χ0v) is 13.8. The third-order valence-electron chi connectivity index (χ3n) is 3.21. The lowest BCUT2D eigenvalue weighted by atomic mass is 10.1. The van der Waals surface area contributed by atoms with E-state index in [2.05, 4.69) is 0 Å². The average Bonchev–Trinajstić information content (AvgIpc) is 2.88. The third kappa shape index (κ3) is 2.31. The number of benzene rings is 1. The molecule has 2 N–H and O–H groups in total. The van der Waals surface area contributed by atoms with Gasteiger partial charge in [-0.3, -0.25) is 4.79 Å². The van der Waals surface area contributed by atoms with Crippen LogP contribution in [0.5, 0.6) is 0 Å². The maximum Gasteiger partial charge on any atom is 0.280 e. The number of anilines is 1. The molecule has 0 bridgehead atoms. The Morgan fingerprint density at radius 3 is 2.55 bits per heavy atom. The van der Waals surface area contributed by atoms with Crippen LogP contribution in [0.3, 0.4) is 0 Å². The molecule has 0 unspecified atom stereocenters. The zero-order valence-electron chi connectivity index (χ0n) is 11.4. The quantitative estimate of drug-likeness (QED) is 0.717. The fourth-order valence-corrected chi connectivity index (χ4v) is 5.22. The standard InChI is InChI=1S/C14H11ClN2O3S2/c1-8-6-9-2-3-10(16)7-11(9)17(14(8)18)22(19,20)13-5-4-12(15)21-13/h2-7H,16H2,1H3. The topological polar surface area (TPSA) is 82.2 Å². The lowest BCUT2D eigenvalue weighted by Gasteiger charge is -2.11. The van der Waals surface area contributed by atoms with E-state index < -0.39 is 15.6 Å². The number of nitrogens with two attached hydrogens (primary N) is 1. The number of rotatable bonds is 2. The van der Waals surface area contributed by atoms with Crippen molar-refractivity contribution >= 4 is 49.6 Å². The van der Waals surface area contributed by atoms with E-state index in [1.165, 1.54) is 18.2 Å². The highest BCUT2D eigenvalue weighted by Crippen LogP contribution is 2.28. The van der Waals surface area contributed by atoms with Crippen molar-refractivity contribution in [1.82, 2.24) is 3.97 Å². The van der Waals surface area contributed by atoms with Gasteiger partial charge < -0.3 is 5.73 Å².